The van der Waals surface area contributed by atoms with E-state index in [-0.39, 0.29) is 31.4 Å². The molecule has 4 rings (SSSR count). The first kappa shape index (κ1) is 26.7. The van der Waals surface area contributed by atoms with Crippen molar-refractivity contribution in [2.24, 2.45) is 0 Å². The van der Waals surface area contributed by atoms with Gasteiger partial charge in [0.2, 0.25) is 5.91 Å². The largest absolute Gasteiger partial charge is 0.480 e. The van der Waals surface area contributed by atoms with E-state index in [2.05, 4.69) is 38.6 Å². The molecule has 198 valence electrons. The number of likely N-dealkylation sites (tertiary alicyclic amines) is 1. The van der Waals surface area contributed by atoms with Gasteiger partial charge in [-0.2, -0.15) is 0 Å². The summed E-state index contributed by atoms with van der Waals surface area (Å²) in [7, 11) is 6.44. The van der Waals surface area contributed by atoms with E-state index in [9.17, 15) is 19.5 Å². The molecule has 0 bridgehead atoms. The molecular formula is C29H38N3O5+. The fourth-order valence-electron chi connectivity index (χ4n) is 5.40. The van der Waals surface area contributed by atoms with E-state index < -0.39 is 24.1 Å². The third-order valence-electron chi connectivity index (χ3n) is 7.25. The van der Waals surface area contributed by atoms with Crippen molar-refractivity contribution in [3.05, 3.63) is 59.7 Å². The first-order chi connectivity index (χ1) is 17.6. The molecule has 2 aromatic rings. The van der Waals surface area contributed by atoms with Crippen LogP contribution in [0.5, 0.6) is 0 Å². The lowest BCUT2D eigenvalue weighted by Crippen LogP contribution is -2.42. The van der Waals surface area contributed by atoms with E-state index in [1.54, 1.807) is 0 Å². The molecule has 1 aliphatic heterocycles. The summed E-state index contributed by atoms with van der Waals surface area (Å²) in [6, 6.07) is 14.7. The molecule has 2 amide bonds. The number of carbonyl (C=O) groups excluding carboxylic acids is 2. The minimum atomic E-state index is -1.09. The predicted molar refractivity (Wildman–Crippen MR) is 141 cm³/mol. The van der Waals surface area contributed by atoms with E-state index in [1.807, 2.05) is 36.4 Å². The third-order valence-corrected chi connectivity index (χ3v) is 7.25. The fraction of sp³-hybridized carbons (Fsp3) is 0.483. The molecule has 2 N–H and O–H groups in total. The average molecular weight is 509 g/mol. The maximum Gasteiger partial charge on any atom is 0.410 e. The molecule has 2 atom stereocenters. The number of amides is 2. The van der Waals surface area contributed by atoms with E-state index >= 15 is 0 Å². The first-order valence-electron chi connectivity index (χ1n) is 13.1. The van der Waals surface area contributed by atoms with E-state index in [1.165, 1.54) is 4.90 Å². The molecule has 0 unspecified atom stereocenters. The molecule has 2 aromatic carbocycles. The summed E-state index contributed by atoms with van der Waals surface area (Å²) in [5, 5.41) is 12.7. The van der Waals surface area contributed by atoms with E-state index in [0.29, 0.717) is 6.42 Å². The van der Waals surface area contributed by atoms with Gasteiger partial charge in [-0.3, -0.25) is 9.69 Å². The number of rotatable bonds is 10. The standard InChI is InChI=1S/C29H37N3O5/c1-32(2,3)16-10-4-5-15-27(33)30-20-17-26(28(34)35)31(18-20)29(36)37-19-25-23-13-8-6-11-21(23)22-12-7-9-14-24(22)25/h6-9,11-14,20,25-26H,4-5,10,15-19H2,1-3H3,(H-,30,33,34,35)/p+1/t20-,26+/m0/s1. The zero-order valence-electron chi connectivity index (χ0n) is 22.0. The average Bonchev–Trinajstić information content (AvgIpc) is 3.41. The zero-order chi connectivity index (χ0) is 26.6. The van der Waals surface area contributed by atoms with Crippen LogP contribution in [-0.4, -0.2) is 85.4 Å². The molecule has 0 saturated carbocycles. The number of aliphatic carboxylic acids is 1. The van der Waals surface area contributed by atoms with Crippen molar-refractivity contribution in [1.82, 2.24) is 10.2 Å². The van der Waals surface area contributed by atoms with Crippen LogP contribution in [-0.2, 0) is 14.3 Å². The van der Waals surface area contributed by atoms with Crippen LogP contribution < -0.4 is 5.32 Å². The lowest BCUT2D eigenvalue weighted by Gasteiger charge is -2.23. The molecule has 0 aromatic heterocycles. The summed E-state index contributed by atoms with van der Waals surface area (Å²) in [4.78, 5) is 38.6. The second-order valence-corrected chi connectivity index (χ2v) is 11.1. The van der Waals surface area contributed by atoms with Crippen molar-refractivity contribution in [2.75, 3.05) is 40.8 Å². The first-order valence-corrected chi connectivity index (χ1v) is 13.1. The fourth-order valence-corrected chi connectivity index (χ4v) is 5.40. The molecule has 0 radical (unpaired) electrons. The van der Waals surface area contributed by atoms with Crippen molar-refractivity contribution in [2.45, 2.75) is 50.1 Å². The Balaban J connectivity index is 1.31. The van der Waals surface area contributed by atoms with Crippen LogP contribution >= 0.6 is 0 Å². The number of quaternary nitrogens is 1. The SMILES string of the molecule is C[N+](C)(C)CCCCCC(=O)N[C@H]1C[C@H](C(=O)O)N(C(=O)OCC2c3ccccc3-c3ccccc32)C1. The molecule has 1 aliphatic carbocycles. The minimum absolute atomic E-state index is 0.102. The highest BCUT2D eigenvalue weighted by Gasteiger charge is 2.41. The van der Waals surface area contributed by atoms with Gasteiger partial charge >= 0.3 is 12.1 Å². The van der Waals surface area contributed by atoms with Crippen LogP contribution in [0, 0.1) is 0 Å². The summed E-state index contributed by atoms with van der Waals surface area (Å²) in [5.74, 6) is -1.30. The van der Waals surface area contributed by atoms with E-state index in [4.69, 9.17) is 4.74 Å². The number of fused-ring (bicyclic) bond motifs is 3. The van der Waals surface area contributed by atoms with Gasteiger partial charge in [0.05, 0.1) is 27.7 Å². The van der Waals surface area contributed by atoms with Crippen LogP contribution in [0.3, 0.4) is 0 Å². The molecule has 2 aliphatic rings. The summed E-state index contributed by atoms with van der Waals surface area (Å²) >= 11 is 0. The van der Waals surface area contributed by atoms with Crippen LogP contribution in [0.25, 0.3) is 11.1 Å². The van der Waals surface area contributed by atoms with Gasteiger partial charge < -0.3 is 19.6 Å². The molecule has 1 heterocycles. The highest BCUT2D eigenvalue weighted by molar-refractivity contribution is 5.82. The molecule has 0 spiro atoms. The zero-order valence-corrected chi connectivity index (χ0v) is 22.0. The van der Waals surface area contributed by atoms with Gasteiger partial charge in [-0.05, 0) is 41.5 Å². The molecular weight excluding hydrogens is 470 g/mol. The summed E-state index contributed by atoms with van der Waals surface area (Å²) < 4.78 is 6.59. The smallest absolute Gasteiger partial charge is 0.410 e. The van der Waals surface area contributed by atoms with Crippen molar-refractivity contribution in [3.63, 3.8) is 0 Å². The number of benzene rings is 2. The Morgan fingerprint density at radius 1 is 0.973 bits per heavy atom. The Morgan fingerprint density at radius 2 is 1.59 bits per heavy atom. The molecule has 1 saturated heterocycles. The Morgan fingerprint density at radius 3 is 2.19 bits per heavy atom. The van der Waals surface area contributed by atoms with Gasteiger partial charge in [-0.15, -0.1) is 0 Å². The summed E-state index contributed by atoms with van der Waals surface area (Å²) in [6.07, 6.45) is 2.72. The van der Waals surface area contributed by atoms with Crippen molar-refractivity contribution < 1.29 is 28.7 Å². The van der Waals surface area contributed by atoms with Gasteiger partial charge in [0.25, 0.3) is 0 Å². The Bertz CT molecular complexity index is 1100. The van der Waals surface area contributed by atoms with Gasteiger partial charge in [-0.1, -0.05) is 48.5 Å². The monoisotopic (exact) mass is 508 g/mol. The van der Waals surface area contributed by atoms with Crippen LogP contribution in [0.2, 0.25) is 0 Å². The number of hydrogen-bond acceptors (Lipinski definition) is 4. The minimum Gasteiger partial charge on any atom is -0.480 e. The normalized spacial score (nSPS) is 18.8. The topological polar surface area (TPSA) is 95.9 Å². The van der Waals surface area contributed by atoms with Crippen molar-refractivity contribution in [3.8, 4) is 11.1 Å². The van der Waals surface area contributed by atoms with Crippen molar-refractivity contribution in [1.29, 1.82) is 0 Å². The molecule has 8 nitrogen and oxygen atoms in total. The number of carboxylic acid groups (broad SMARTS) is 1. The van der Waals surface area contributed by atoms with Gasteiger partial charge in [-0.25, -0.2) is 9.59 Å². The maximum atomic E-state index is 13.0. The van der Waals surface area contributed by atoms with Crippen LogP contribution in [0.4, 0.5) is 4.79 Å². The molecule has 1 fully saturated rings. The molecule has 37 heavy (non-hydrogen) atoms. The highest BCUT2D eigenvalue weighted by atomic mass is 16.6. The third kappa shape index (κ3) is 6.49. The number of hydrogen-bond donors (Lipinski definition) is 2. The van der Waals surface area contributed by atoms with Crippen molar-refractivity contribution >= 4 is 18.0 Å². The lowest BCUT2D eigenvalue weighted by atomic mass is 9.98. The number of nitrogens with one attached hydrogen (secondary N) is 1. The van der Waals surface area contributed by atoms with Crippen LogP contribution in [0.15, 0.2) is 48.5 Å². The van der Waals surface area contributed by atoms with Gasteiger partial charge in [0, 0.05) is 31.3 Å². The quantitative estimate of drug-likeness (QED) is 0.376. The molecule has 8 heteroatoms. The summed E-state index contributed by atoms with van der Waals surface area (Å²) in [5.41, 5.74) is 4.45. The summed E-state index contributed by atoms with van der Waals surface area (Å²) in [6.45, 7) is 1.31. The Kier molecular flexibility index (Phi) is 8.17. The van der Waals surface area contributed by atoms with Crippen LogP contribution in [0.1, 0.15) is 49.1 Å². The van der Waals surface area contributed by atoms with E-state index in [0.717, 1.165) is 52.5 Å². The number of carboxylic acids is 1. The lowest BCUT2D eigenvalue weighted by molar-refractivity contribution is -0.870. The number of carbonyl (C=O) groups is 3. The Hall–Kier alpha value is -3.39. The second-order valence-electron chi connectivity index (χ2n) is 11.1. The predicted octanol–water partition coefficient (Wildman–Crippen LogP) is 3.85. The number of unbranched alkanes of at least 4 members (excludes halogenated alkanes) is 2. The maximum absolute atomic E-state index is 13.0. The second kappa shape index (κ2) is 11.3. The van der Waals surface area contributed by atoms with Gasteiger partial charge in [0.15, 0.2) is 0 Å². The highest BCUT2D eigenvalue weighted by Crippen LogP contribution is 2.44. The Labute approximate surface area is 218 Å². The number of ether oxygens (including phenoxy) is 1. The number of nitrogens with zero attached hydrogens (tertiary/aromatic N) is 2. The van der Waals surface area contributed by atoms with Gasteiger partial charge in [0.1, 0.15) is 12.6 Å².